The predicted molar refractivity (Wildman–Crippen MR) is 140 cm³/mol. The van der Waals surface area contributed by atoms with Crippen molar-refractivity contribution in [3.05, 3.63) is 71.4 Å². The van der Waals surface area contributed by atoms with Gasteiger partial charge in [-0.3, -0.25) is 0 Å². The SMILES string of the molecule is Cc1cccc(C(CCNC2CCC(N)CC2)c2cn(CC3CCCC3)c3ccccc23)c1. The molecule has 5 rings (SSSR count). The number of aryl methyl sites for hydroxylation is 1. The van der Waals surface area contributed by atoms with E-state index in [2.05, 4.69) is 71.5 Å². The number of hydrogen-bond donors (Lipinski definition) is 2. The summed E-state index contributed by atoms with van der Waals surface area (Å²) in [6.45, 7) is 4.44. The van der Waals surface area contributed by atoms with Crippen LogP contribution in [-0.2, 0) is 6.54 Å². The van der Waals surface area contributed by atoms with E-state index in [0.29, 0.717) is 18.0 Å². The van der Waals surface area contributed by atoms with Crippen LogP contribution >= 0.6 is 0 Å². The summed E-state index contributed by atoms with van der Waals surface area (Å²) in [5.41, 5.74) is 11.8. The molecule has 0 bridgehead atoms. The number of rotatable bonds is 8. The normalized spacial score (nSPS) is 22.7. The zero-order valence-corrected chi connectivity index (χ0v) is 20.3. The van der Waals surface area contributed by atoms with Crippen molar-refractivity contribution >= 4 is 10.9 Å². The van der Waals surface area contributed by atoms with E-state index >= 15 is 0 Å². The molecule has 3 nitrogen and oxygen atoms in total. The number of hydrogen-bond acceptors (Lipinski definition) is 2. The molecule has 176 valence electrons. The lowest BCUT2D eigenvalue weighted by Gasteiger charge is -2.28. The molecule has 0 spiro atoms. The van der Waals surface area contributed by atoms with Gasteiger partial charge in [-0.15, -0.1) is 0 Å². The quantitative estimate of drug-likeness (QED) is 0.416. The van der Waals surface area contributed by atoms with E-state index in [0.717, 1.165) is 31.7 Å². The van der Waals surface area contributed by atoms with Crippen LogP contribution in [0.3, 0.4) is 0 Å². The first-order chi connectivity index (χ1) is 16.2. The van der Waals surface area contributed by atoms with Gasteiger partial charge in [-0.25, -0.2) is 0 Å². The van der Waals surface area contributed by atoms with Crippen molar-refractivity contribution in [2.45, 2.75) is 89.3 Å². The van der Waals surface area contributed by atoms with Crippen molar-refractivity contribution in [2.24, 2.45) is 11.7 Å². The second-order valence-electron chi connectivity index (χ2n) is 10.7. The number of nitrogens with one attached hydrogen (secondary N) is 1. The number of benzene rings is 2. The molecule has 2 aliphatic carbocycles. The maximum absolute atomic E-state index is 6.12. The van der Waals surface area contributed by atoms with E-state index in [4.69, 9.17) is 5.73 Å². The Morgan fingerprint density at radius 1 is 0.970 bits per heavy atom. The third-order valence-corrected chi connectivity index (χ3v) is 8.21. The van der Waals surface area contributed by atoms with Crippen molar-refractivity contribution in [2.75, 3.05) is 6.54 Å². The topological polar surface area (TPSA) is 43.0 Å². The number of aromatic nitrogens is 1. The number of nitrogens with zero attached hydrogens (tertiary/aromatic N) is 1. The first kappa shape index (κ1) is 22.7. The average Bonchev–Trinajstić information content (AvgIpc) is 3.47. The first-order valence-corrected chi connectivity index (χ1v) is 13.3. The molecule has 0 aliphatic heterocycles. The van der Waals surface area contributed by atoms with E-state index < -0.39 is 0 Å². The van der Waals surface area contributed by atoms with E-state index in [1.54, 1.807) is 0 Å². The summed E-state index contributed by atoms with van der Waals surface area (Å²) in [5.74, 6) is 1.25. The lowest BCUT2D eigenvalue weighted by Crippen LogP contribution is -2.38. The zero-order valence-electron chi connectivity index (χ0n) is 20.3. The maximum Gasteiger partial charge on any atom is 0.0483 e. The highest BCUT2D eigenvalue weighted by molar-refractivity contribution is 5.85. The molecule has 1 unspecified atom stereocenters. The Hall–Kier alpha value is -2.10. The summed E-state index contributed by atoms with van der Waals surface area (Å²) in [6, 6.07) is 19.3. The van der Waals surface area contributed by atoms with Gasteiger partial charge in [0.05, 0.1) is 0 Å². The fourth-order valence-corrected chi connectivity index (χ4v) is 6.32. The van der Waals surface area contributed by atoms with Gasteiger partial charge in [-0.1, -0.05) is 60.9 Å². The highest BCUT2D eigenvalue weighted by Crippen LogP contribution is 2.36. The molecule has 2 aliphatic rings. The molecule has 2 aromatic carbocycles. The smallest absolute Gasteiger partial charge is 0.0483 e. The fourth-order valence-electron chi connectivity index (χ4n) is 6.32. The summed E-state index contributed by atoms with van der Waals surface area (Å²) in [5, 5.41) is 5.31. The summed E-state index contributed by atoms with van der Waals surface area (Å²) < 4.78 is 2.57. The minimum absolute atomic E-state index is 0.411. The van der Waals surface area contributed by atoms with Gasteiger partial charge in [-0.2, -0.15) is 0 Å². The highest BCUT2D eigenvalue weighted by Gasteiger charge is 2.23. The number of nitrogens with two attached hydrogens (primary N) is 1. The second kappa shape index (κ2) is 10.4. The Bertz CT molecular complexity index is 1040. The Labute approximate surface area is 199 Å². The second-order valence-corrected chi connectivity index (χ2v) is 10.7. The molecule has 2 saturated carbocycles. The van der Waals surface area contributed by atoms with Crippen molar-refractivity contribution in [3.8, 4) is 0 Å². The highest BCUT2D eigenvalue weighted by atomic mass is 15.0. The molecule has 2 fully saturated rings. The van der Waals surface area contributed by atoms with Crippen LogP contribution in [0.1, 0.15) is 80.4 Å². The van der Waals surface area contributed by atoms with Crippen molar-refractivity contribution < 1.29 is 0 Å². The van der Waals surface area contributed by atoms with Gasteiger partial charge in [0.1, 0.15) is 0 Å². The average molecular weight is 444 g/mol. The minimum Gasteiger partial charge on any atom is -0.347 e. The van der Waals surface area contributed by atoms with Crippen LogP contribution < -0.4 is 11.1 Å². The van der Waals surface area contributed by atoms with E-state index in [1.165, 1.54) is 72.7 Å². The van der Waals surface area contributed by atoms with Crippen LogP contribution in [0.25, 0.3) is 10.9 Å². The molecular weight excluding hydrogens is 402 g/mol. The summed E-state index contributed by atoms with van der Waals surface area (Å²) in [7, 11) is 0. The minimum atomic E-state index is 0.411. The summed E-state index contributed by atoms with van der Waals surface area (Å²) >= 11 is 0. The van der Waals surface area contributed by atoms with Gasteiger partial charge >= 0.3 is 0 Å². The molecule has 3 heteroatoms. The molecule has 0 saturated heterocycles. The fraction of sp³-hybridized carbons (Fsp3) is 0.533. The third kappa shape index (κ3) is 5.36. The lowest BCUT2D eigenvalue weighted by molar-refractivity contribution is 0.340. The Kier molecular flexibility index (Phi) is 7.18. The third-order valence-electron chi connectivity index (χ3n) is 8.21. The molecule has 1 heterocycles. The Morgan fingerprint density at radius 2 is 1.76 bits per heavy atom. The van der Waals surface area contributed by atoms with Crippen LogP contribution in [0.5, 0.6) is 0 Å². The van der Waals surface area contributed by atoms with Gasteiger partial charge < -0.3 is 15.6 Å². The summed E-state index contributed by atoms with van der Waals surface area (Å²) in [6.07, 6.45) is 14.0. The zero-order chi connectivity index (χ0) is 22.6. The van der Waals surface area contributed by atoms with Crippen LogP contribution in [0.4, 0.5) is 0 Å². The van der Waals surface area contributed by atoms with E-state index in [1.807, 2.05) is 0 Å². The monoisotopic (exact) mass is 443 g/mol. The van der Waals surface area contributed by atoms with Crippen molar-refractivity contribution in [1.82, 2.24) is 9.88 Å². The molecule has 3 aromatic rings. The van der Waals surface area contributed by atoms with E-state index in [9.17, 15) is 0 Å². The molecular formula is C30H41N3. The van der Waals surface area contributed by atoms with Crippen LogP contribution in [0.15, 0.2) is 54.7 Å². The van der Waals surface area contributed by atoms with Crippen molar-refractivity contribution in [3.63, 3.8) is 0 Å². The van der Waals surface area contributed by atoms with E-state index in [-0.39, 0.29) is 0 Å². The summed E-state index contributed by atoms with van der Waals surface area (Å²) in [4.78, 5) is 0. The van der Waals surface area contributed by atoms with Gasteiger partial charge in [0.2, 0.25) is 0 Å². The number of para-hydroxylation sites is 1. The Balaban J connectivity index is 1.42. The maximum atomic E-state index is 6.12. The molecule has 33 heavy (non-hydrogen) atoms. The molecule has 0 radical (unpaired) electrons. The van der Waals surface area contributed by atoms with Crippen LogP contribution in [0.2, 0.25) is 0 Å². The van der Waals surface area contributed by atoms with Gasteiger partial charge in [-0.05, 0) is 81.5 Å². The largest absolute Gasteiger partial charge is 0.347 e. The van der Waals surface area contributed by atoms with Gasteiger partial charge in [0.15, 0.2) is 0 Å². The Morgan fingerprint density at radius 3 is 2.55 bits per heavy atom. The standard InChI is InChI=1S/C30H41N3/c1-22-7-6-10-24(19-22)27(17-18-32-26-15-13-25(31)14-16-26)29-21-33(20-23-8-2-3-9-23)30-12-5-4-11-28(29)30/h4-7,10-12,19,21,23,25-27,32H,2-3,8-9,13-18,20,31H2,1H3. The molecule has 3 N–H and O–H groups in total. The van der Waals surface area contributed by atoms with Crippen LogP contribution in [0, 0.1) is 12.8 Å². The van der Waals surface area contributed by atoms with Gasteiger partial charge in [0.25, 0.3) is 0 Å². The van der Waals surface area contributed by atoms with Crippen molar-refractivity contribution in [1.29, 1.82) is 0 Å². The molecule has 1 atom stereocenters. The molecule has 0 amide bonds. The van der Waals surface area contributed by atoms with Gasteiger partial charge in [0, 0.05) is 41.6 Å². The number of fused-ring (bicyclic) bond motifs is 1. The predicted octanol–water partition coefficient (Wildman–Crippen LogP) is 6.52. The first-order valence-electron chi connectivity index (χ1n) is 13.3. The lowest BCUT2D eigenvalue weighted by atomic mass is 9.87. The van der Waals surface area contributed by atoms with Crippen LogP contribution in [-0.4, -0.2) is 23.2 Å². The molecule has 1 aromatic heterocycles.